The number of ether oxygens (including phenoxy) is 1. The fraction of sp³-hybridized carbons (Fsp3) is 0.412. The molecule has 1 saturated heterocycles. The molecule has 1 aliphatic heterocycles. The van der Waals surface area contributed by atoms with Crippen LogP contribution in [0, 0.1) is 6.92 Å². The van der Waals surface area contributed by atoms with Gasteiger partial charge in [-0.05, 0) is 43.3 Å². The third-order valence-corrected chi connectivity index (χ3v) is 3.99. The maximum atomic E-state index is 5.65. The van der Waals surface area contributed by atoms with Crippen LogP contribution in [-0.2, 0) is 6.54 Å². The first-order valence-electron chi connectivity index (χ1n) is 7.41. The van der Waals surface area contributed by atoms with Crippen LogP contribution in [0.3, 0.4) is 0 Å². The number of anilines is 1. The number of hydrogen-bond acceptors (Lipinski definition) is 4. The van der Waals surface area contributed by atoms with Crippen molar-refractivity contribution in [3.8, 4) is 5.75 Å². The molecule has 0 spiro atoms. The molecule has 2 aromatic rings. The quantitative estimate of drug-likeness (QED) is 0.864. The van der Waals surface area contributed by atoms with Gasteiger partial charge in [0.25, 0.3) is 0 Å². The average Bonchev–Trinajstić information content (AvgIpc) is 2.93. The highest BCUT2D eigenvalue weighted by Crippen LogP contribution is 2.21. The van der Waals surface area contributed by atoms with Crippen LogP contribution < -0.4 is 9.64 Å². The Hall–Kier alpha value is -1.94. The van der Waals surface area contributed by atoms with Gasteiger partial charge in [-0.3, -0.25) is 4.90 Å². The fourth-order valence-electron chi connectivity index (χ4n) is 2.75. The van der Waals surface area contributed by atoms with Crippen molar-refractivity contribution >= 4 is 5.69 Å². The van der Waals surface area contributed by atoms with Crippen molar-refractivity contribution in [3.05, 3.63) is 47.9 Å². The highest BCUT2D eigenvalue weighted by atomic mass is 16.5. The summed E-state index contributed by atoms with van der Waals surface area (Å²) in [7, 11) is 1.70. The number of hydrogen-bond donors (Lipinski definition) is 0. The SMILES string of the molecule is COc1ccc(N2CCN(Cc3ccc(C)o3)CC2)cc1. The minimum atomic E-state index is 0.907. The number of aryl methyl sites for hydroxylation is 1. The third kappa shape index (κ3) is 3.39. The van der Waals surface area contributed by atoms with Crippen molar-refractivity contribution in [2.24, 2.45) is 0 Å². The minimum absolute atomic E-state index is 0.907. The second-order valence-electron chi connectivity index (χ2n) is 5.47. The first kappa shape index (κ1) is 14.0. The van der Waals surface area contributed by atoms with Crippen molar-refractivity contribution in [2.75, 3.05) is 38.2 Å². The molecule has 0 unspecified atom stereocenters. The Bertz CT molecular complexity index is 569. The van der Waals surface area contributed by atoms with E-state index in [1.165, 1.54) is 5.69 Å². The molecule has 0 N–H and O–H groups in total. The van der Waals surface area contributed by atoms with Gasteiger partial charge in [-0.15, -0.1) is 0 Å². The molecule has 4 nitrogen and oxygen atoms in total. The zero-order chi connectivity index (χ0) is 14.7. The molecule has 3 rings (SSSR count). The second-order valence-corrected chi connectivity index (χ2v) is 5.47. The predicted molar refractivity (Wildman–Crippen MR) is 83.9 cm³/mol. The summed E-state index contributed by atoms with van der Waals surface area (Å²) in [5.74, 6) is 2.96. The maximum absolute atomic E-state index is 5.65. The van der Waals surface area contributed by atoms with Crippen molar-refractivity contribution in [2.45, 2.75) is 13.5 Å². The van der Waals surface area contributed by atoms with E-state index in [9.17, 15) is 0 Å². The van der Waals surface area contributed by atoms with Crippen molar-refractivity contribution in [1.82, 2.24) is 4.90 Å². The summed E-state index contributed by atoms with van der Waals surface area (Å²) in [5.41, 5.74) is 1.27. The van der Waals surface area contributed by atoms with Crippen LogP contribution in [0.4, 0.5) is 5.69 Å². The number of methoxy groups -OCH3 is 1. The first-order valence-corrected chi connectivity index (χ1v) is 7.41. The van der Waals surface area contributed by atoms with Crippen LogP contribution in [0.2, 0.25) is 0 Å². The van der Waals surface area contributed by atoms with Gasteiger partial charge in [0.1, 0.15) is 17.3 Å². The number of benzene rings is 1. The summed E-state index contributed by atoms with van der Waals surface area (Å²) in [4.78, 5) is 4.86. The standard InChI is InChI=1S/C17H22N2O2/c1-14-3-6-17(21-14)13-18-9-11-19(12-10-18)15-4-7-16(20-2)8-5-15/h3-8H,9-13H2,1-2H3. The zero-order valence-corrected chi connectivity index (χ0v) is 12.7. The Morgan fingerprint density at radius 3 is 2.29 bits per heavy atom. The van der Waals surface area contributed by atoms with Gasteiger partial charge in [0.05, 0.1) is 13.7 Å². The molecule has 0 atom stereocenters. The Balaban J connectivity index is 1.54. The molecule has 0 saturated carbocycles. The minimum Gasteiger partial charge on any atom is -0.497 e. The van der Waals surface area contributed by atoms with E-state index in [0.717, 1.165) is 50.0 Å². The Morgan fingerprint density at radius 2 is 1.71 bits per heavy atom. The third-order valence-electron chi connectivity index (χ3n) is 3.99. The largest absolute Gasteiger partial charge is 0.497 e. The molecular formula is C17H22N2O2. The molecule has 112 valence electrons. The van der Waals surface area contributed by atoms with Gasteiger partial charge in [-0.25, -0.2) is 0 Å². The van der Waals surface area contributed by atoms with Gasteiger partial charge >= 0.3 is 0 Å². The number of nitrogens with zero attached hydrogens (tertiary/aromatic N) is 2. The molecule has 0 amide bonds. The van der Waals surface area contributed by atoms with Crippen LogP contribution in [0.5, 0.6) is 5.75 Å². The summed E-state index contributed by atoms with van der Waals surface area (Å²) in [6.45, 7) is 7.12. The van der Waals surface area contributed by atoms with E-state index in [0.29, 0.717) is 0 Å². The average molecular weight is 286 g/mol. The van der Waals surface area contributed by atoms with Gasteiger partial charge < -0.3 is 14.1 Å². The monoisotopic (exact) mass is 286 g/mol. The molecule has 1 fully saturated rings. The summed E-state index contributed by atoms with van der Waals surface area (Å²) < 4.78 is 10.9. The second kappa shape index (κ2) is 6.22. The Kier molecular flexibility index (Phi) is 4.15. The van der Waals surface area contributed by atoms with Gasteiger partial charge in [0.2, 0.25) is 0 Å². The maximum Gasteiger partial charge on any atom is 0.119 e. The summed E-state index contributed by atoms with van der Waals surface area (Å²) in [5, 5.41) is 0. The molecule has 1 aromatic carbocycles. The Labute approximate surface area is 125 Å². The van der Waals surface area contributed by atoms with Crippen molar-refractivity contribution in [1.29, 1.82) is 0 Å². The van der Waals surface area contributed by atoms with E-state index >= 15 is 0 Å². The molecular weight excluding hydrogens is 264 g/mol. The number of piperazine rings is 1. The van der Waals surface area contributed by atoms with E-state index in [1.807, 2.05) is 25.1 Å². The van der Waals surface area contributed by atoms with Crippen LogP contribution >= 0.6 is 0 Å². The van der Waals surface area contributed by atoms with Gasteiger partial charge in [0, 0.05) is 31.9 Å². The molecule has 1 aromatic heterocycles. The van der Waals surface area contributed by atoms with Crippen LogP contribution in [-0.4, -0.2) is 38.2 Å². The normalized spacial score (nSPS) is 16.2. The summed E-state index contributed by atoms with van der Waals surface area (Å²) in [6, 6.07) is 12.4. The predicted octanol–water partition coefficient (Wildman–Crippen LogP) is 2.92. The first-order chi connectivity index (χ1) is 10.2. The highest BCUT2D eigenvalue weighted by molar-refractivity contribution is 5.49. The lowest BCUT2D eigenvalue weighted by Gasteiger charge is -2.35. The van der Waals surface area contributed by atoms with Gasteiger partial charge in [-0.1, -0.05) is 0 Å². The number of rotatable bonds is 4. The topological polar surface area (TPSA) is 28.9 Å². The van der Waals surface area contributed by atoms with E-state index in [2.05, 4.69) is 28.0 Å². The Morgan fingerprint density at radius 1 is 1.00 bits per heavy atom. The highest BCUT2D eigenvalue weighted by Gasteiger charge is 2.18. The van der Waals surface area contributed by atoms with Crippen LogP contribution in [0.15, 0.2) is 40.8 Å². The molecule has 0 aliphatic carbocycles. The van der Waals surface area contributed by atoms with Gasteiger partial charge in [-0.2, -0.15) is 0 Å². The smallest absolute Gasteiger partial charge is 0.119 e. The number of furan rings is 1. The zero-order valence-electron chi connectivity index (χ0n) is 12.7. The summed E-state index contributed by atoms with van der Waals surface area (Å²) in [6.07, 6.45) is 0. The lowest BCUT2D eigenvalue weighted by molar-refractivity contribution is 0.229. The van der Waals surface area contributed by atoms with E-state index in [4.69, 9.17) is 9.15 Å². The molecule has 0 bridgehead atoms. The van der Waals surface area contributed by atoms with Crippen LogP contribution in [0.25, 0.3) is 0 Å². The lowest BCUT2D eigenvalue weighted by Crippen LogP contribution is -2.45. The molecule has 0 radical (unpaired) electrons. The van der Waals surface area contributed by atoms with Gasteiger partial charge in [0.15, 0.2) is 0 Å². The van der Waals surface area contributed by atoms with Crippen LogP contribution in [0.1, 0.15) is 11.5 Å². The molecule has 1 aliphatic rings. The van der Waals surface area contributed by atoms with E-state index in [1.54, 1.807) is 7.11 Å². The molecule has 4 heteroatoms. The summed E-state index contributed by atoms with van der Waals surface area (Å²) >= 11 is 0. The van der Waals surface area contributed by atoms with Crippen molar-refractivity contribution in [3.63, 3.8) is 0 Å². The lowest BCUT2D eigenvalue weighted by atomic mass is 10.2. The molecule has 21 heavy (non-hydrogen) atoms. The fourth-order valence-corrected chi connectivity index (χ4v) is 2.75. The van der Waals surface area contributed by atoms with E-state index < -0.39 is 0 Å². The molecule has 2 heterocycles. The van der Waals surface area contributed by atoms with Crippen molar-refractivity contribution < 1.29 is 9.15 Å². The van der Waals surface area contributed by atoms with E-state index in [-0.39, 0.29) is 0 Å².